The van der Waals surface area contributed by atoms with E-state index >= 15 is 0 Å². The van der Waals surface area contributed by atoms with Gasteiger partial charge in [-0.25, -0.2) is 4.79 Å². The minimum absolute atomic E-state index is 0.478. The summed E-state index contributed by atoms with van der Waals surface area (Å²) in [5, 5.41) is 6.79. The van der Waals surface area contributed by atoms with E-state index in [0.717, 1.165) is 4.68 Å². The first kappa shape index (κ1) is 5.82. The molecule has 0 fully saturated rings. The first-order valence-electron chi connectivity index (χ1n) is 2.81. The van der Waals surface area contributed by atoms with Crippen LogP contribution in [-0.2, 0) is 0 Å². The number of aromatic nitrogens is 2. The van der Waals surface area contributed by atoms with Crippen molar-refractivity contribution in [2.75, 3.05) is 0 Å². The second-order valence-electron chi connectivity index (χ2n) is 1.89. The van der Waals surface area contributed by atoms with Crippen LogP contribution in [0.15, 0.2) is 32.1 Å². The zero-order valence-corrected chi connectivity index (χ0v) is 5.26. The van der Waals surface area contributed by atoms with Crippen molar-refractivity contribution in [1.82, 2.24) is 9.35 Å². The van der Waals surface area contributed by atoms with Crippen molar-refractivity contribution in [2.45, 2.75) is 0 Å². The number of hydrogen-bond donors (Lipinski definition) is 0. The maximum atomic E-state index is 11.0. The van der Waals surface area contributed by atoms with Crippen LogP contribution in [-0.4, -0.2) is 15.4 Å². The highest BCUT2D eigenvalue weighted by Gasteiger charge is 2.04. The highest BCUT2D eigenvalue weighted by molar-refractivity contribution is 5.41. The summed E-state index contributed by atoms with van der Waals surface area (Å²) in [5.41, 5.74) is -1.05. The van der Waals surface area contributed by atoms with Gasteiger partial charge in [-0.3, -0.25) is 4.79 Å². The maximum Gasteiger partial charge on any atom is 0.373 e. The van der Waals surface area contributed by atoms with Crippen LogP contribution in [0.2, 0.25) is 0 Å². The van der Waals surface area contributed by atoms with E-state index in [0.29, 0.717) is 4.68 Å². The lowest BCUT2D eigenvalue weighted by atomic mass is 10.6. The average molecular weight is 150 g/mol. The topological polar surface area (TPSA) is 68.7 Å². The summed E-state index contributed by atoms with van der Waals surface area (Å²) in [6.07, 6.45) is 1.27. The standard InChI is InChI=1S/C5H2N4O2/c10-4-1-2-8-5(11)9(4)7-3-6-8/h1-2H. The monoisotopic (exact) mass is 150 g/mol. The van der Waals surface area contributed by atoms with Crippen molar-refractivity contribution in [3.63, 3.8) is 0 Å². The van der Waals surface area contributed by atoms with Crippen molar-refractivity contribution in [2.24, 2.45) is 10.2 Å². The molecule has 54 valence electrons. The van der Waals surface area contributed by atoms with E-state index in [1.807, 2.05) is 0 Å². The van der Waals surface area contributed by atoms with Gasteiger partial charge in [-0.1, -0.05) is 10.2 Å². The van der Waals surface area contributed by atoms with Crippen molar-refractivity contribution in [1.29, 1.82) is 0 Å². The molecule has 11 heavy (non-hydrogen) atoms. The highest BCUT2D eigenvalue weighted by atomic mass is 16.2. The molecule has 2 rings (SSSR count). The van der Waals surface area contributed by atoms with Gasteiger partial charge in [-0.15, -0.1) is 4.68 Å². The summed E-state index contributed by atoms with van der Waals surface area (Å²) >= 11 is 0. The van der Waals surface area contributed by atoms with E-state index in [-0.39, 0.29) is 0 Å². The molecule has 0 amide bonds. The molecule has 1 aliphatic rings. The van der Waals surface area contributed by atoms with E-state index in [2.05, 4.69) is 16.2 Å². The summed E-state index contributed by atoms with van der Waals surface area (Å²) in [7, 11) is 0. The predicted molar refractivity (Wildman–Crippen MR) is 35.6 cm³/mol. The van der Waals surface area contributed by atoms with Crippen LogP contribution in [0.5, 0.6) is 0 Å². The van der Waals surface area contributed by atoms with Gasteiger partial charge in [0.15, 0.2) is 0 Å². The van der Waals surface area contributed by atoms with Crippen LogP contribution in [0.25, 0.3) is 0 Å². The van der Waals surface area contributed by atoms with Gasteiger partial charge in [0.05, 0.1) is 0 Å². The zero-order valence-electron chi connectivity index (χ0n) is 5.26. The lowest BCUT2D eigenvalue weighted by Gasteiger charge is -1.99. The first-order valence-corrected chi connectivity index (χ1v) is 2.81. The molecule has 0 aliphatic carbocycles. The fourth-order valence-electron chi connectivity index (χ4n) is 0.741. The Kier molecular flexibility index (Phi) is 0.936. The number of fused-ring (bicyclic) bond motifs is 2. The molecule has 1 aromatic heterocycles. The van der Waals surface area contributed by atoms with Gasteiger partial charge in [0.1, 0.15) is 6.01 Å². The van der Waals surface area contributed by atoms with Crippen molar-refractivity contribution < 1.29 is 0 Å². The molecule has 6 heteroatoms. The SMILES string of the molecule is O=c1ccn2c(=O)n1N=C=N2. The molecule has 0 N–H and O–H groups in total. The number of hydrogen-bond acceptors (Lipinski definition) is 4. The van der Waals surface area contributed by atoms with Crippen LogP contribution in [0, 0.1) is 0 Å². The second kappa shape index (κ2) is 1.77. The Labute approximate surface area is 59.7 Å². The molecule has 0 saturated carbocycles. The quantitative estimate of drug-likeness (QED) is 0.469. The molecule has 6 nitrogen and oxygen atoms in total. The minimum atomic E-state index is -0.573. The third-order valence-corrected chi connectivity index (χ3v) is 1.24. The lowest BCUT2D eigenvalue weighted by Crippen LogP contribution is -2.36. The third-order valence-electron chi connectivity index (χ3n) is 1.24. The Hall–Kier alpha value is -1.94. The highest BCUT2D eigenvalue weighted by Crippen LogP contribution is 1.79. The zero-order chi connectivity index (χ0) is 7.84. The lowest BCUT2D eigenvalue weighted by molar-refractivity contribution is 0.643. The molecule has 0 aromatic carbocycles. The van der Waals surface area contributed by atoms with Gasteiger partial charge in [0, 0.05) is 12.3 Å². The molecular formula is C5H2N4O2. The Bertz CT molecular complexity index is 474. The van der Waals surface area contributed by atoms with Crippen molar-refractivity contribution >= 4 is 6.01 Å². The molecule has 0 atom stereocenters. The summed E-state index contributed by atoms with van der Waals surface area (Å²) < 4.78 is 1.67. The van der Waals surface area contributed by atoms with Crippen LogP contribution in [0.1, 0.15) is 0 Å². The minimum Gasteiger partial charge on any atom is -0.267 e. The molecule has 0 saturated heterocycles. The summed E-state index contributed by atoms with van der Waals surface area (Å²) in [5.74, 6) is 0. The Morgan fingerprint density at radius 3 is 2.91 bits per heavy atom. The van der Waals surface area contributed by atoms with Gasteiger partial charge in [-0.05, 0) is 0 Å². The van der Waals surface area contributed by atoms with E-state index in [1.54, 1.807) is 0 Å². The van der Waals surface area contributed by atoms with Crippen molar-refractivity contribution in [3.8, 4) is 0 Å². The summed E-state index contributed by atoms with van der Waals surface area (Å²) in [4.78, 5) is 21.8. The van der Waals surface area contributed by atoms with Gasteiger partial charge < -0.3 is 0 Å². The summed E-state index contributed by atoms with van der Waals surface area (Å²) in [6, 6.07) is 3.36. The smallest absolute Gasteiger partial charge is 0.267 e. The normalized spacial score (nSPS) is 12.0. The van der Waals surface area contributed by atoms with Crippen molar-refractivity contribution in [3.05, 3.63) is 33.1 Å². The Morgan fingerprint density at radius 1 is 1.36 bits per heavy atom. The van der Waals surface area contributed by atoms with Gasteiger partial charge in [0.25, 0.3) is 5.56 Å². The molecule has 0 unspecified atom stereocenters. The second-order valence-corrected chi connectivity index (χ2v) is 1.89. The van der Waals surface area contributed by atoms with Crippen LogP contribution < -0.4 is 11.2 Å². The fourth-order valence-corrected chi connectivity index (χ4v) is 0.741. The largest absolute Gasteiger partial charge is 0.373 e. The van der Waals surface area contributed by atoms with Crippen LogP contribution in [0.4, 0.5) is 0 Å². The molecule has 0 radical (unpaired) electrons. The molecule has 1 aromatic rings. The molecule has 2 heterocycles. The molecule has 1 aliphatic heterocycles. The van der Waals surface area contributed by atoms with Gasteiger partial charge in [-0.2, -0.15) is 4.68 Å². The number of rotatable bonds is 0. The first-order chi connectivity index (χ1) is 5.29. The Morgan fingerprint density at radius 2 is 2.18 bits per heavy atom. The number of nitrogens with zero attached hydrogens (tertiary/aromatic N) is 4. The fraction of sp³-hybridized carbons (Fsp3) is 0. The average Bonchev–Trinajstić information content (AvgIpc) is 1.98. The molecule has 0 spiro atoms. The van der Waals surface area contributed by atoms with E-state index in [4.69, 9.17) is 0 Å². The van der Waals surface area contributed by atoms with E-state index < -0.39 is 11.2 Å². The predicted octanol–water partition coefficient (Wildman–Crippen LogP) is -1.28. The third kappa shape index (κ3) is 0.667. The summed E-state index contributed by atoms with van der Waals surface area (Å²) in [6.45, 7) is 0. The molecule has 2 bridgehead atoms. The van der Waals surface area contributed by atoms with Gasteiger partial charge in [0.2, 0.25) is 0 Å². The Balaban J connectivity index is 3.08. The van der Waals surface area contributed by atoms with E-state index in [9.17, 15) is 9.59 Å². The van der Waals surface area contributed by atoms with E-state index in [1.165, 1.54) is 12.3 Å². The maximum absolute atomic E-state index is 11.0. The van der Waals surface area contributed by atoms with Gasteiger partial charge >= 0.3 is 5.69 Å². The van der Waals surface area contributed by atoms with Crippen LogP contribution in [0.3, 0.4) is 0 Å². The van der Waals surface area contributed by atoms with Crippen LogP contribution >= 0.6 is 0 Å². The molecular weight excluding hydrogens is 148 g/mol.